The molecule has 0 amide bonds. The van der Waals surface area contributed by atoms with Crippen LogP contribution in [0.2, 0.25) is 0 Å². The Kier molecular flexibility index (Phi) is 3.62. The fourth-order valence-corrected chi connectivity index (χ4v) is 1.39. The molecule has 0 bridgehead atoms. The maximum absolute atomic E-state index is 10.7. The van der Waals surface area contributed by atoms with Crippen LogP contribution < -0.4 is 5.73 Å². The minimum atomic E-state index is -3.41. The summed E-state index contributed by atoms with van der Waals surface area (Å²) >= 11 is 0. The zero-order valence-electron chi connectivity index (χ0n) is 7.88. The lowest BCUT2D eigenvalue weighted by Gasteiger charge is -2.10. The van der Waals surface area contributed by atoms with E-state index in [9.17, 15) is 8.42 Å². The maximum atomic E-state index is 10.7. The highest BCUT2D eigenvalue weighted by atomic mass is 32.2. The van der Waals surface area contributed by atoms with E-state index >= 15 is 0 Å². The van der Waals surface area contributed by atoms with Gasteiger partial charge in [0.05, 0.1) is 18.9 Å². The molecule has 0 radical (unpaired) electrons. The van der Waals surface area contributed by atoms with E-state index in [1.54, 1.807) is 0 Å². The molecule has 4 nitrogen and oxygen atoms in total. The van der Waals surface area contributed by atoms with Crippen molar-refractivity contribution in [3.05, 3.63) is 35.9 Å². The van der Waals surface area contributed by atoms with Gasteiger partial charge in [0.25, 0.3) is 10.1 Å². The van der Waals surface area contributed by atoms with Crippen LogP contribution >= 0.6 is 0 Å². The molecule has 78 valence electrons. The SMILES string of the molecule is CS(=O)(=O)OCC(N)c1ccccc1. The van der Waals surface area contributed by atoms with Crippen LogP contribution in [0.4, 0.5) is 0 Å². The van der Waals surface area contributed by atoms with Gasteiger partial charge in [-0.3, -0.25) is 4.18 Å². The third-order valence-electron chi connectivity index (χ3n) is 1.69. The zero-order valence-corrected chi connectivity index (χ0v) is 8.70. The van der Waals surface area contributed by atoms with Crippen LogP contribution in [-0.2, 0) is 14.3 Å². The van der Waals surface area contributed by atoms with Crippen LogP contribution in [0, 0.1) is 0 Å². The largest absolute Gasteiger partial charge is 0.322 e. The van der Waals surface area contributed by atoms with Gasteiger partial charge in [-0.25, -0.2) is 0 Å². The molecule has 14 heavy (non-hydrogen) atoms. The predicted molar refractivity (Wildman–Crippen MR) is 54.2 cm³/mol. The summed E-state index contributed by atoms with van der Waals surface area (Å²) in [5, 5.41) is 0. The van der Waals surface area contributed by atoms with Crippen molar-refractivity contribution in [3.8, 4) is 0 Å². The highest BCUT2D eigenvalue weighted by molar-refractivity contribution is 7.85. The van der Waals surface area contributed by atoms with Crippen LogP contribution in [0.25, 0.3) is 0 Å². The van der Waals surface area contributed by atoms with Gasteiger partial charge in [0.2, 0.25) is 0 Å². The van der Waals surface area contributed by atoms with E-state index in [1.807, 2.05) is 30.3 Å². The number of hydrogen-bond acceptors (Lipinski definition) is 4. The Morgan fingerprint density at radius 1 is 1.36 bits per heavy atom. The van der Waals surface area contributed by atoms with E-state index in [-0.39, 0.29) is 6.61 Å². The minimum Gasteiger partial charge on any atom is -0.322 e. The highest BCUT2D eigenvalue weighted by Gasteiger charge is 2.09. The van der Waals surface area contributed by atoms with E-state index in [1.165, 1.54) is 0 Å². The van der Waals surface area contributed by atoms with E-state index < -0.39 is 16.2 Å². The summed E-state index contributed by atoms with van der Waals surface area (Å²) in [5.41, 5.74) is 6.57. The molecule has 2 N–H and O–H groups in total. The Labute approximate surface area is 83.8 Å². The fourth-order valence-electron chi connectivity index (χ4n) is 0.993. The molecule has 1 aromatic rings. The van der Waals surface area contributed by atoms with Crippen molar-refractivity contribution in [2.75, 3.05) is 12.9 Å². The Morgan fingerprint density at radius 2 is 1.93 bits per heavy atom. The molecule has 1 unspecified atom stereocenters. The first kappa shape index (κ1) is 11.2. The van der Waals surface area contributed by atoms with Crippen LogP contribution in [-0.4, -0.2) is 21.3 Å². The molecule has 0 aromatic heterocycles. The van der Waals surface area contributed by atoms with Crippen molar-refractivity contribution < 1.29 is 12.6 Å². The molecule has 0 aliphatic carbocycles. The van der Waals surface area contributed by atoms with Crippen LogP contribution in [0.1, 0.15) is 11.6 Å². The third-order valence-corrected chi connectivity index (χ3v) is 2.25. The fraction of sp³-hybridized carbons (Fsp3) is 0.333. The van der Waals surface area contributed by atoms with Crippen molar-refractivity contribution >= 4 is 10.1 Å². The summed E-state index contributed by atoms with van der Waals surface area (Å²) in [6, 6.07) is 8.80. The van der Waals surface area contributed by atoms with Gasteiger partial charge in [0.15, 0.2) is 0 Å². The van der Waals surface area contributed by atoms with Crippen molar-refractivity contribution in [2.45, 2.75) is 6.04 Å². The standard InChI is InChI=1S/C9H13NO3S/c1-14(11,12)13-7-9(10)8-5-3-2-4-6-8/h2-6,9H,7,10H2,1H3. The average molecular weight is 215 g/mol. The summed E-state index contributed by atoms with van der Waals surface area (Å²) in [6.07, 6.45) is 1.00. The second kappa shape index (κ2) is 4.54. The molecule has 0 saturated heterocycles. The first-order chi connectivity index (χ1) is 6.49. The summed E-state index contributed by atoms with van der Waals surface area (Å²) in [6.45, 7) is -0.0250. The Morgan fingerprint density at radius 3 is 2.43 bits per heavy atom. The second-order valence-electron chi connectivity index (χ2n) is 3.01. The quantitative estimate of drug-likeness (QED) is 0.749. The summed E-state index contributed by atoms with van der Waals surface area (Å²) in [5.74, 6) is 0. The molecule has 1 rings (SSSR count). The molecule has 0 spiro atoms. The molecular weight excluding hydrogens is 202 g/mol. The summed E-state index contributed by atoms with van der Waals surface area (Å²) in [4.78, 5) is 0. The molecule has 0 saturated carbocycles. The van der Waals surface area contributed by atoms with Crippen LogP contribution in [0.5, 0.6) is 0 Å². The number of nitrogens with two attached hydrogens (primary N) is 1. The number of benzene rings is 1. The van der Waals surface area contributed by atoms with E-state index in [0.29, 0.717) is 0 Å². The van der Waals surface area contributed by atoms with E-state index in [0.717, 1.165) is 11.8 Å². The predicted octanol–water partition coefficient (Wildman–Crippen LogP) is 0.663. The molecular formula is C9H13NO3S. The van der Waals surface area contributed by atoms with Gasteiger partial charge >= 0.3 is 0 Å². The van der Waals surface area contributed by atoms with Gasteiger partial charge in [-0.15, -0.1) is 0 Å². The normalized spacial score (nSPS) is 13.9. The van der Waals surface area contributed by atoms with Gasteiger partial charge in [0.1, 0.15) is 0 Å². The monoisotopic (exact) mass is 215 g/mol. The molecule has 0 fully saturated rings. The maximum Gasteiger partial charge on any atom is 0.264 e. The molecule has 5 heteroatoms. The lowest BCUT2D eigenvalue weighted by molar-refractivity contribution is 0.297. The van der Waals surface area contributed by atoms with Crippen LogP contribution in [0.3, 0.4) is 0 Å². The van der Waals surface area contributed by atoms with Crippen LogP contribution in [0.15, 0.2) is 30.3 Å². The molecule has 0 aliphatic heterocycles. The lowest BCUT2D eigenvalue weighted by atomic mass is 10.1. The van der Waals surface area contributed by atoms with E-state index in [2.05, 4.69) is 4.18 Å². The Balaban J connectivity index is 2.56. The van der Waals surface area contributed by atoms with Gasteiger partial charge in [-0.1, -0.05) is 30.3 Å². The van der Waals surface area contributed by atoms with Gasteiger partial charge in [-0.05, 0) is 5.56 Å². The van der Waals surface area contributed by atoms with Crippen molar-refractivity contribution in [3.63, 3.8) is 0 Å². The molecule has 1 atom stereocenters. The smallest absolute Gasteiger partial charge is 0.264 e. The van der Waals surface area contributed by atoms with Gasteiger partial charge in [0, 0.05) is 0 Å². The van der Waals surface area contributed by atoms with Gasteiger partial charge < -0.3 is 5.73 Å². The van der Waals surface area contributed by atoms with Crippen molar-refractivity contribution in [1.29, 1.82) is 0 Å². The molecule has 0 heterocycles. The van der Waals surface area contributed by atoms with Crippen molar-refractivity contribution in [1.82, 2.24) is 0 Å². The topological polar surface area (TPSA) is 69.4 Å². The lowest BCUT2D eigenvalue weighted by Crippen LogP contribution is -2.19. The average Bonchev–Trinajstić information content (AvgIpc) is 2.14. The minimum absolute atomic E-state index is 0.0250. The second-order valence-corrected chi connectivity index (χ2v) is 4.65. The van der Waals surface area contributed by atoms with Crippen molar-refractivity contribution in [2.24, 2.45) is 5.73 Å². The summed E-state index contributed by atoms with van der Waals surface area (Å²) < 4.78 is 26.0. The Bertz CT molecular complexity index is 374. The van der Waals surface area contributed by atoms with Gasteiger partial charge in [-0.2, -0.15) is 8.42 Å². The number of rotatable bonds is 4. The van der Waals surface area contributed by atoms with E-state index in [4.69, 9.17) is 5.73 Å². The highest BCUT2D eigenvalue weighted by Crippen LogP contribution is 2.10. The third kappa shape index (κ3) is 3.87. The summed E-state index contributed by atoms with van der Waals surface area (Å²) in [7, 11) is -3.41. The first-order valence-corrected chi connectivity index (χ1v) is 5.95. The number of hydrogen-bond donors (Lipinski definition) is 1. The first-order valence-electron chi connectivity index (χ1n) is 4.14. The Hall–Kier alpha value is -0.910. The molecule has 0 aliphatic rings. The molecule has 1 aromatic carbocycles. The zero-order chi connectivity index (χ0) is 10.6.